The standard InChI is InChI=1S/C33H37N3O2/c1-35(25-29-14-8-13-28-15-9-19-34-33(28)29)24-27-12-7-17-31(22-27)38-21-18-30-16-5-6-20-36(30)32(37)23-26-10-3-2-4-11-26/h2-4,7-15,17,19,22,30H,5-6,16,18,20-21,23-25H2,1H3/t30-/m0/s1. The van der Waals surface area contributed by atoms with E-state index in [0.717, 1.165) is 55.7 Å². The fourth-order valence-corrected chi connectivity index (χ4v) is 5.50. The van der Waals surface area contributed by atoms with E-state index in [0.29, 0.717) is 13.0 Å². The SMILES string of the molecule is CN(Cc1cccc(OCC[C@@H]2CCCCN2C(=O)Cc2ccccc2)c1)Cc1cccc2cccnc12. The average molecular weight is 508 g/mol. The van der Waals surface area contributed by atoms with Gasteiger partial charge >= 0.3 is 0 Å². The van der Waals surface area contributed by atoms with Crippen LogP contribution >= 0.6 is 0 Å². The summed E-state index contributed by atoms with van der Waals surface area (Å²) in [4.78, 5) is 22.0. The number of benzene rings is 3. The zero-order valence-electron chi connectivity index (χ0n) is 22.3. The summed E-state index contributed by atoms with van der Waals surface area (Å²) in [6.45, 7) is 3.11. The molecule has 38 heavy (non-hydrogen) atoms. The van der Waals surface area contributed by atoms with E-state index in [4.69, 9.17) is 4.74 Å². The summed E-state index contributed by atoms with van der Waals surface area (Å²) in [5.41, 5.74) is 4.60. The molecule has 1 saturated heterocycles. The Morgan fingerprint density at radius 2 is 1.76 bits per heavy atom. The van der Waals surface area contributed by atoms with Crippen LogP contribution in [0.25, 0.3) is 10.9 Å². The second-order valence-corrected chi connectivity index (χ2v) is 10.3. The molecule has 1 fully saturated rings. The molecule has 1 amide bonds. The first kappa shape index (κ1) is 25.9. The van der Waals surface area contributed by atoms with Crippen LogP contribution in [0.1, 0.15) is 42.4 Å². The van der Waals surface area contributed by atoms with E-state index in [-0.39, 0.29) is 11.9 Å². The Morgan fingerprint density at radius 3 is 2.66 bits per heavy atom. The third-order valence-electron chi connectivity index (χ3n) is 7.37. The zero-order valence-corrected chi connectivity index (χ0v) is 22.3. The monoisotopic (exact) mass is 507 g/mol. The molecule has 196 valence electrons. The van der Waals surface area contributed by atoms with Gasteiger partial charge in [0.1, 0.15) is 5.75 Å². The Morgan fingerprint density at radius 1 is 0.947 bits per heavy atom. The number of carbonyl (C=O) groups excluding carboxylic acids is 1. The van der Waals surface area contributed by atoms with E-state index in [1.807, 2.05) is 48.7 Å². The minimum absolute atomic E-state index is 0.229. The molecule has 0 radical (unpaired) electrons. The maximum atomic E-state index is 13.0. The van der Waals surface area contributed by atoms with E-state index in [9.17, 15) is 4.79 Å². The highest BCUT2D eigenvalue weighted by molar-refractivity contribution is 5.81. The lowest BCUT2D eigenvalue weighted by Gasteiger charge is -2.36. The van der Waals surface area contributed by atoms with E-state index >= 15 is 0 Å². The topological polar surface area (TPSA) is 45.7 Å². The van der Waals surface area contributed by atoms with Crippen molar-refractivity contribution in [1.29, 1.82) is 0 Å². The van der Waals surface area contributed by atoms with Crippen molar-refractivity contribution in [3.05, 3.63) is 108 Å². The lowest BCUT2D eigenvalue weighted by atomic mass is 9.98. The smallest absolute Gasteiger partial charge is 0.227 e. The Bertz CT molecular complexity index is 1340. The number of fused-ring (bicyclic) bond motifs is 1. The van der Waals surface area contributed by atoms with Gasteiger partial charge in [-0.2, -0.15) is 0 Å². The molecular formula is C33H37N3O2. The van der Waals surface area contributed by atoms with Crippen molar-refractivity contribution in [3.8, 4) is 5.75 Å². The van der Waals surface area contributed by atoms with Crippen LogP contribution < -0.4 is 4.74 Å². The van der Waals surface area contributed by atoms with Crippen LogP contribution in [-0.2, 0) is 24.3 Å². The number of hydrogen-bond acceptors (Lipinski definition) is 4. The molecular weight excluding hydrogens is 470 g/mol. The van der Waals surface area contributed by atoms with Crippen molar-refractivity contribution in [2.45, 2.75) is 51.2 Å². The number of ether oxygens (including phenoxy) is 1. The molecule has 1 aliphatic rings. The first-order valence-electron chi connectivity index (χ1n) is 13.7. The summed E-state index contributed by atoms with van der Waals surface area (Å²) in [5.74, 6) is 1.12. The summed E-state index contributed by atoms with van der Waals surface area (Å²) < 4.78 is 6.19. The Hall–Kier alpha value is -3.70. The highest BCUT2D eigenvalue weighted by Crippen LogP contribution is 2.23. The summed E-state index contributed by atoms with van der Waals surface area (Å²) in [6, 6.07) is 29.1. The predicted octanol–water partition coefficient (Wildman–Crippen LogP) is 6.26. The number of para-hydroxylation sites is 1. The normalized spacial score (nSPS) is 15.6. The molecule has 5 rings (SSSR count). The number of piperidine rings is 1. The van der Waals surface area contributed by atoms with Crippen molar-refractivity contribution in [1.82, 2.24) is 14.8 Å². The minimum Gasteiger partial charge on any atom is -0.494 e. The number of carbonyl (C=O) groups is 1. The molecule has 0 saturated carbocycles. The van der Waals surface area contributed by atoms with Crippen molar-refractivity contribution in [2.75, 3.05) is 20.2 Å². The van der Waals surface area contributed by atoms with Gasteiger partial charge in [0.25, 0.3) is 0 Å². The van der Waals surface area contributed by atoms with E-state index in [1.54, 1.807) is 0 Å². The van der Waals surface area contributed by atoms with Crippen LogP contribution in [0.15, 0.2) is 91.1 Å². The molecule has 1 aromatic heterocycles. The largest absolute Gasteiger partial charge is 0.494 e. The molecule has 0 bridgehead atoms. The molecule has 3 aromatic carbocycles. The molecule has 5 nitrogen and oxygen atoms in total. The number of hydrogen-bond donors (Lipinski definition) is 0. The lowest BCUT2D eigenvalue weighted by molar-refractivity contribution is -0.134. The van der Waals surface area contributed by atoms with E-state index in [2.05, 4.69) is 64.3 Å². The summed E-state index contributed by atoms with van der Waals surface area (Å²) in [7, 11) is 2.14. The predicted molar refractivity (Wildman–Crippen MR) is 153 cm³/mol. The summed E-state index contributed by atoms with van der Waals surface area (Å²) in [6.07, 6.45) is 6.51. The molecule has 0 spiro atoms. The Balaban J connectivity index is 1.14. The van der Waals surface area contributed by atoms with Gasteiger partial charge in [0.05, 0.1) is 18.5 Å². The average Bonchev–Trinajstić information content (AvgIpc) is 2.94. The first-order chi connectivity index (χ1) is 18.7. The van der Waals surface area contributed by atoms with Gasteiger partial charge in [0.2, 0.25) is 5.91 Å². The van der Waals surface area contributed by atoms with Crippen LogP contribution in [0, 0.1) is 0 Å². The van der Waals surface area contributed by atoms with E-state index in [1.165, 1.54) is 22.9 Å². The molecule has 5 heteroatoms. The zero-order chi connectivity index (χ0) is 26.2. The van der Waals surface area contributed by atoms with Crippen molar-refractivity contribution < 1.29 is 9.53 Å². The second-order valence-electron chi connectivity index (χ2n) is 10.3. The number of rotatable bonds is 10. The fourth-order valence-electron chi connectivity index (χ4n) is 5.50. The molecule has 1 aliphatic heterocycles. The van der Waals surface area contributed by atoms with Crippen LogP contribution in [0.2, 0.25) is 0 Å². The maximum Gasteiger partial charge on any atom is 0.227 e. The highest BCUT2D eigenvalue weighted by atomic mass is 16.5. The van der Waals surface area contributed by atoms with Gasteiger partial charge in [-0.15, -0.1) is 0 Å². The van der Waals surface area contributed by atoms with Crippen molar-refractivity contribution in [2.24, 2.45) is 0 Å². The maximum absolute atomic E-state index is 13.0. The Labute approximate surface area is 226 Å². The highest BCUT2D eigenvalue weighted by Gasteiger charge is 2.26. The first-order valence-corrected chi connectivity index (χ1v) is 13.7. The number of pyridine rings is 1. The molecule has 4 aromatic rings. The van der Waals surface area contributed by atoms with Gasteiger partial charge in [0.15, 0.2) is 0 Å². The van der Waals surface area contributed by atoms with Crippen LogP contribution in [0.5, 0.6) is 5.75 Å². The minimum atomic E-state index is 0.229. The Kier molecular flexibility index (Phi) is 8.67. The number of likely N-dealkylation sites (tertiary alicyclic amines) is 1. The van der Waals surface area contributed by atoms with Crippen molar-refractivity contribution >= 4 is 16.8 Å². The van der Waals surface area contributed by atoms with Gasteiger partial charge in [-0.05, 0) is 61.2 Å². The molecule has 0 unspecified atom stereocenters. The molecule has 1 atom stereocenters. The second kappa shape index (κ2) is 12.7. The van der Waals surface area contributed by atoms with Gasteiger partial charge in [-0.3, -0.25) is 14.7 Å². The number of aromatic nitrogens is 1. The van der Waals surface area contributed by atoms with Crippen molar-refractivity contribution in [3.63, 3.8) is 0 Å². The molecule has 0 aliphatic carbocycles. The number of nitrogens with zero attached hydrogens (tertiary/aromatic N) is 3. The molecule has 2 heterocycles. The third-order valence-corrected chi connectivity index (χ3v) is 7.37. The number of amides is 1. The van der Waals surface area contributed by atoms with Crippen LogP contribution in [0.4, 0.5) is 0 Å². The van der Waals surface area contributed by atoms with Gasteiger partial charge in [0, 0.05) is 43.7 Å². The summed E-state index contributed by atoms with van der Waals surface area (Å²) >= 11 is 0. The van der Waals surface area contributed by atoms with E-state index < -0.39 is 0 Å². The fraction of sp³-hybridized carbons (Fsp3) is 0.333. The quantitative estimate of drug-likeness (QED) is 0.254. The van der Waals surface area contributed by atoms with Gasteiger partial charge in [-0.1, -0.05) is 66.7 Å². The lowest BCUT2D eigenvalue weighted by Crippen LogP contribution is -2.45. The van der Waals surface area contributed by atoms with Gasteiger partial charge in [-0.25, -0.2) is 0 Å². The summed E-state index contributed by atoms with van der Waals surface area (Å²) in [5, 5.41) is 1.17. The van der Waals surface area contributed by atoms with Crippen LogP contribution in [0.3, 0.4) is 0 Å². The third kappa shape index (κ3) is 6.78. The molecule has 0 N–H and O–H groups in total. The van der Waals surface area contributed by atoms with Crippen LogP contribution in [-0.4, -0.2) is 46.9 Å². The van der Waals surface area contributed by atoms with Gasteiger partial charge < -0.3 is 9.64 Å².